The number of aryl methyl sites for hydroxylation is 2. The van der Waals surface area contributed by atoms with E-state index in [4.69, 9.17) is 9.47 Å². The zero-order chi connectivity index (χ0) is 18.7. The number of ether oxygens (including phenoxy) is 2. The molecule has 0 unspecified atom stereocenters. The van der Waals surface area contributed by atoms with Crippen molar-refractivity contribution in [2.24, 2.45) is 0 Å². The van der Waals surface area contributed by atoms with Crippen LogP contribution in [0.5, 0.6) is 11.5 Å². The fourth-order valence-corrected chi connectivity index (χ4v) is 3.86. The Hall–Kier alpha value is -2.58. The third-order valence-electron chi connectivity index (χ3n) is 3.98. The molecule has 1 aliphatic rings. The minimum Gasteiger partial charge on any atom is -0.454 e. The molecule has 26 heavy (non-hydrogen) atoms. The third kappa shape index (κ3) is 4.14. The number of rotatable bonds is 6. The molecular formula is C18H20N2O5S. The number of benzene rings is 2. The maximum atomic E-state index is 12.4. The Bertz CT molecular complexity index is 941. The van der Waals surface area contributed by atoms with Gasteiger partial charge in [-0.25, -0.2) is 13.1 Å². The number of carbonyl (C=O) groups is 1. The summed E-state index contributed by atoms with van der Waals surface area (Å²) in [7, 11) is -3.75. The Morgan fingerprint density at radius 2 is 1.85 bits per heavy atom. The van der Waals surface area contributed by atoms with Gasteiger partial charge < -0.3 is 14.8 Å². The molecule has 7 nitrogen and oxygen atoms in total. The lowest BCUT2D eigenvalue weighted by atomic mass is 10.2. The van der Waals surface area contributed by atoms with Crippen LogP contribution in [0.3, 0.4) is 0 Å². The van der Waals surface area contributed by atoms with Crippen LogP contribution in [0.1, 0.15) is 16.7 Å². The van der Waals surface area contributed by atoms with Crippen LogP contribution in [0, 0.1) is 13.8 Å². The average Bonchev–Trinajstić information content (AvgIpc) is 3.08. The summed E-state index contributed by atoms with van der Waals surface area (Å²) < 4.78 is 37.6. The van der Waals surface area contributed by atoms with Crippen molar-refractivity contribution in [2.75, 3.05) is 13.3 Å². The molecule has 8 heteroatoms. The van der Waals surface area contributed by atoms with Crippen molar-refractivity contribution in [3.05, 3.63) is 53.1 Å². The lowest BCUT2D eigenvalue weighted by Gasteiger charge is -2.11. The first-order chi connectivity index (χ1) is 12.3. The monoisotopic (exact) mass is 376 g/mol. The second-order valence-electron chi connectivity index (χ2n) is 6.06. The molecule has 0 spiro atoms. The Balaban J connectivity index is 1.56. The standard InChI is InChI=1S/C18H20N2O5S/c1-12-3-4-13(2)17(7-12)26(22,23)20-10-18(21)19-9-14-5-6-15-16(8-14)25-11-24-15/h3-8,20H,9-11H2,1-2H3,(H,19,21). The van der Waals surface area contributed by atoms with E-state index in [1.165, 1.54) is 0 Å². The summed E-state index contributed by atoms with van der Waals surface area (Å²) >= 11 is 0. The Labute approximate surface area is 152 Å². The number of amides is 1. The van der Waals surface area contributed by atoms with Gasteiger partial charge in [-0.05, 0) is 48.7 Å². The van der Waals surface area contributed by atoms with Crippen LogP contribution in [0.25, 0.3) is 0 Å². The lowest BCUT2D eigenvalue weighted by Crippen LogP contribution is -2.36. The molecule has 2 aromatic rings. The van der Waals surface area contributed by atoms with E-state index < -0.39 is 15.9 Å². The van der Waals surface area contributed by atoms with Gasteiger partial charge in [-0.1, -0.05) is 18.2 Å². The number of hydrogen-bond acceptors (Lipinski definition) is 5. The van der Waals surface area contributed by atoms with Gasteiger partial charge in [0, 0.05) is 6.54 Å². The van der Waals surface area contributed by atoms with Gasteiger partial charge in [-0.2, -0.15) is 0 Å². The molecule has 2 N–H and O–H groups in total. The number of carbonyl (C=O) groups excluding carboxylic acids is 1. The molecule has 1 aliphatic heterocycles. The van der Waals surface area contributed by atoms with E-state index in [1.807, 2.05) is 19.1 Å². The molecule has 1 heterocycles. The highest BCUT2D eigenvalue weighted by molar-refractivity contribution is 7.89. The van der Waals surface area contributed by atoms with Gasteiger partial charge in [0.25, 0.3) is 0 Å². The van der Waals surface area contributed by atoms with Crippen molar-refractivity contribution in [3.8, 4) is 11.5 Å². The predicted octanol–water partition coefficient (Wildman–Crippen LogP) is 1.63. The maximum Gasteiger partial charge on any atom is 0.241 e. The van der Waals surface area contributed by atoms with Crippen LogP contribution >= 0.6 is 0 Å². The van der Waals surface area contributed by atoms with Crippen LogP contribution < -0.4 is 19.5 Å². The van der Waals surface area contributed by atoms with Crippen molar-refractivity contribution in [1.82, 2.24) is 10.0 Å². The molecule has 0 aliphatic carbocycles. The third-order valence-corrected chi connectivity index (χ3v) is 5.53. The quantitative estimate of drug-likeness (QED) is 0.799. The summed E-state index contributed by atoms with van der Waals surface area (Å²) in [5.74, 6) is 0.880. The van der Waals surface area contributed by atoms with E-state index in [-0.39, 0.29) is 24.8 Å². The molecule has 0 bridgehead atoms. The highest BCUT2D eigenvalue weighted by Crippen LogP contribution is 2.32. The Morgan fingerprint density at radius 3 is 2.65 bits per heavy atom. The molecule has 0 aromatic heterocycles. The summed E-state index contributed by atoms with van der Waals surface area (Å²) in [5, 5.41) is 2.68. The molecule has 0 radical (unpaired) electrons. The van der Waals surface area contributed by atoms with Gasteiger partial charge in [-0.3, -0.25) is 4.79 Å². The average molecular weight is 376 g/mol. The predicted molar refractivity (Wildman–Crippen MR) is 95.5 cm³/mol. The van der Waals surface area contributed by atoms with Gasteiger partial charge in [0.2, 0.25) is 22.7 Å². The molecule has 2 aromatic carbocycles. The molecule has 138 valence electrons. The van der Waals surface area contributed by atoms with Crippen molar-refractivity contribution in [3.63, 3.8) is 0 Å². The summed E-state index contributed by atoms with van der Waals surface area (Å²) in [6.45, 7) is 3.65. The van der Waals surface area contributed by atoms with Gasteiger partial charge >= 0.3 is 0 Å². The first-order valence-corrected chi connectivity index (χ1v) is 9.55. The highest BCUT2D eigenvalue weighted by Gasteiger charge is 2.18. The number of hydrogen-bond donors (Lipinski definition) is 2. The summed E-state index contributed by atoms with van der Waals surface area (Å²) in [6, 6.07) is 10.5. The molecule has 0 fully saturated rings. The van der Waals surface area contributed by atoms with Gasteiger partial charge in [0.05, 0.1) is 11.4 Å². The van der Waals surface area contributed by atoms with E-state index in [1.54, 1.807) is 31.2 Å². The first kappa shape index (κ1) is 18.2. The number of sulfonamides is 1. The number of fused-ring (bicyclic) bond motifs is 1. The van der Waals surface area contributed by atoms with Crippen LogP contribution in [-0.2, 0) is 21.4 Å². The van der Waals surface area contributed by atoms with Crippen LogP contribution in [0.15, 0.2) is 41.3 Å². The van der Waals surface area contributed by atoms with E-state index in [2.05, 4.69) is 10.0 Å². The summed E-state index contributed by atoms with van der Waals surface area (Å²) in [6.07, 6.45) is 0. The van der Waals surface area contributed by atoms with Gasteiger partial charge in [-0.15, -0.1) is 0 Å². The van der Waals surface area contributed by atoms with E-state index in [0.717, 1.165) is 11.1 Å². The maximum absolute atomic E-state index is 12.4. The van der Waals surface area contributed by atoms with E-state index in [0.29, 0.717) is 17.1 Å². The molecule has 0 saturated heterocycles. The molecule has 1 amide bonds. The van der Waals surface area contributed by atoms with Gasteiger partial charge in [0.15, 0.2) is 11.5 Å². The molecular weight excluding hydrogens is 356 g/mol. The second kappa shape index (κ2) is 7.35. The minimum atomic E-state index is -3.75. The largest absolute Gasteiger partial charge is 0.454 e. The second-order valence-corrected chi connectivity index (χ2v) is 7.79. The zero-order valence-electron chi connectivity index (χ0n) is 14.5. The summed E-state index contributed by atoms with van der Waals surface area (Å²) in [5.41, 5.74) is 2.30. The normalized spacial score (nSPS) is 12.8. The Morgan fingerprint density at radius 1 is 1.08 bits per heavy atom. The SMILES string of the molecule is Cc1ccc(C)c(S(=O)(=O)NCC(=O)NCc2ccc3c(c2)OCO3)c1. The first-order valence-electron chi connectivity index (χ1n) is 8.07. The topological polar surface area (TPSA) is 93.7 Å². The number of nitrogens with one attached hydrogen (secondary N) is 2. The van der Waals surface area contributed by atoms with E-state index in [9.17, 15) is 13.2 Å². The van der Waals surface area contributed by atoms with Crippen LogP contribution in [0.4, 0.5) is 0 Å². The van der Waals surface area contributed by atoms with Crippen molar-refractivity contribution in [1.29, 1.82) is 0 Å². The van der Waals surface area contributed by atoms with Crippen LogP contribution in [-0.4, -0.2) is 27.7 Å². The fourth-order valence-electron chi connectivity index (χ4n) is 2.55. The molecule has 0 atom stereocenters. The van der Waals surface area contributed by atoms with Crippen molar-refractivity contribution in [2.45, 2.75) is 25.3 Å². The smallest absolute Gasteiger partial charge is 0.241 e. The lowest BCUT2D eigenvalue weighted by molar-refractivity contribution is -0.120. The van der Waals surface area contributed by atoms with Gasteiger partial charge in [0.1, 0.15) is 0 Å². The zero-order valence-corrected chi connectivity index (χ0v) is 15.4. The van der Waals surface area contributed by atoms with Crippen molar-refractivity contribution >= 4 is 15.9 Å². The summed E-state index contributed by atoms with van der Waals surface area (Å²) in [4.78, 5) is 12.2. The molecule has 3 rings (SSSR count). The van der Waals surface area contributed by atoms with E-state index >= 15 is 0 Å². The van der Waals surface area contributed by atoms with Crippen molar-refractivity contribution < 1.29 is 22.7 Å². The Kier molecular flexibility index (Phi) is 5.15. The highest BCUT2D eigenvalue weighted by atomic mass is 32.2. The van der Waals surface area contributed by atoms with Crippen LogP contribution in [0.2, 0.25) is 0 Å². The molecule has 0 saturated carbocycles. The minimum absolute atomic E-state index is 0.182. The fraction of sp³-hybridized carbons (Fsp3) is 0.278.